The summed E-state index contributed by atoms with van der Waals surface area (Å²) in [6, 6.07) is 17.7. The van der Waals surface area contributed by atoms with Crippen molar-refractivity contribution >= 4 is 12.1 Å². The van der Waals surface area contributed by atoms with Crippen LogP contribution in [-0.2, 0) is 27.3 Å². The molecular weight excluding hydrogens is 386 g/mol. The third kappa shape index (κ3) is 8.63. The number of hydrogen-bond acceptors (Lipinski definition) is 5. The van der Waals surface area contributed by atoms with Crippen molar-refractivity contribution in [3.63, 3.8) is 0 Å². The maximum absolute atomic E-state index is 11.9. The van der Waals surface area contributed by atoms with Gasteiger partial charge in [-0.25, -0.2) is 9.59 Å². The Hall–Kier alpha value is -2.90. The van der Waals surface area contributed by atoms with Crippen LogP contribution >= 0.6 is 0 Å². The molecule has 0 fully saturated rings. The van der Waals surface area contributed by atoms with Crippen LogP contribution in [0.1, 0.15) is 24.5 Å². The zero-order chi connectivity index (χ0) is 21.8. The first-order valence-corrected chi connectivity index (χ1v) is 9.95. The van der Waals surface area contributed by atoms with Gasteiger partial charge in [0.05, 0.1) is 12.7 Å². The maximum atomic E-state index is 11.9. The van der Waals surface area contributed by atoms with Gasteiger partial charge in [0.15, 0.2) is 6.04 Å². The lowest BCUT2D eigenvalue weighted by Gasteiger charge is -2.21. The van der Waals surface area contributed by atoms with E-state index in [9.17, 15) is 19.8 Å². The number of nitrogens with one attached hydrogen (secondary N) is 1. The number of ether oxygens (including phenoxy) is 2. The first-order chi connectivity index (χ1) is 14.5. The molecule has 2 aromatic rings. The Morgan fingerprint density at radius 2 is 1.60 bits per heavy atom. The van der Waals surface area contributed by atoms with Crippen molar-refractivity contribution in [1.29, 1.82) is 0 Å². The van der Waals surface area contributed by atoms with Crippen molar-refractivity contribution < 1.29 is 29.3 Å². The quantitative estimate of drug-likeness (QED) is 0.460. The molecule has 0 aliphatic heterocycles. The van der Waals surface area contributed by atoms with Crippen molar-refractivity contribution in [2.24, 2.45) is 5.92 Å². The van der Waals surface area contributed by atoms with E-state index in [1.54, 1.807) is 19.1 Å². The number of aliphatic carboxylic acids is 1. The number of aliphatic hydroxyl groups excluding tert-OH is 1. The van der Waals surface area contributed by atoms with Crippen LogP contribution in [0.4, 0.5) is 4.79 Å². The van der Waals surface area contributed by atoms with E-state index in [2.05, 4.69) is 5.32 Å². The number of rotatable bonds is 12. The Morgan fingerprint density at radius 1 is 1.00 bits per heavy atom. The molecule has 2 aromatic carbocycles. The molecule has 0 unspecified atom stereocenters. The number of hydrogen-bond donors (Lipinski definition) is 3. The first-order valence-electron chi connectivity index (χ1n) is 9.95. The van der Waals surface area contributed by atoms with Crippen molar-refractivity contribution in [3.05, 3.63) is 71.8 Å². The molecule has 7 nitrogen and oxygen atoms in total. The molecule has 162 valence electrons. The minimum atomic E-state index is -1.22. The van der Waals surface area contributed by atoms with Gasteiger partial charge in [0, 0.05) is 6.61 Å². The fraction of sp³-hybridized carbons (Fsp3) is 0.391. The summed E-state index contributed by atoms with van der Waals surface area (Å²) in [6.07, 6.45) is -0.0676. The number of amides is 1. The van der Waals surface area contributed by atoms with E-state index < -0.39 is 24.2 Å². The molecule has 0 bridgehead atoms. The maximum Gasteiger partial charge on any atom is 0.408 e. The zero-order valence-corrected chi connectivity index (χ0v) is 17.1. The smallest absolute Gasteiger partial charge is 0.408 e. The van der Waals surface area contributed by atoms with Gasteiger partial charge in [-0.15, -0.1) is 0 Å². The predicted molar refractivity (Wildman–Crippen MR) is 112 cm³/mol. The van der Waals surface area contributed by atoms with Crippen molar-refractivity contribution in [1.82, 2.24) is 5.32 Å². The molecule has 2 rings (SSSR count). The highest BCUT2D eigenvalue weighted by atomic mass is 16.5. The second-order valence-electron chi connectivity index (χ2n) is 7.15. The average molecular weight is 415 g/mol. The predicted octanol–water partition coefficient (Wildman–Crippen LogP) is 3.01. The van der Waals surface area contributed by atoms with Crippen LogP contribution in [0.15, 0.2) is 60.7 Å². The van der Waals surface area contributed by atoms with Gasteiger partial charge in [-0.3, -0.25) is 0 Å². The molecule has 0 spiro atoms. The van der Waals surface area contributed by atoms with Crippen molar-refractivity contribution in [3.8, 4) is 0 Å². The molecule has 1 amide bonds. The number of carbonyl (C=O) groups is 2. The summed E-state index contributed by atoms with van der Waals surface area (Å²) in [4.78, 5) is 23.3. The molecule has 0 saturated heterocycles. The van der Waals surface area contributed by atoms with Crippen LogP contribution < -0.4 is 5.32 Å². The van der Waals surface area contributed by atoms with Crippen LogP contribution in [0.3, 0.4) is 0 Å². The molecule has 3 N–H and O–H groups in total. The van der Waals surface area contributed by atoms with E-state index in [0.717, 1.165) is 11.1 Å². The van der Waals surface area contributed by atoms with E-state index >= 15 is 0 Å². The molecule has 0 saturated carbocycles. The Kier molecular flexibility index (Phi) is 9.83. The SMILES string of the molecule is C[C@H](O)[C@@H](CCOC[C@H](NC(=O)OCc1ccccc1)C(=O)O)Cc1ccccc1. The van der Waals surface area contributed by atoms with Crippen LogP contribution in [0.2, 0.25) is 0 Å². The number of aliphatic hydroxyl groups is 1. The van der Waals surface area contributed by atoms with Gasteiger partial charge < -0.3 is 25.0 Å². The molecule has 0 aliphatic rings. The number of carboxylic acids is 1. The summed E-state index contributed by atoms with van der Waals surface area (Å²) < 4.78 is 10.5. The number of carboxylic acid groups (broad SMARTS) is 1. The zero-order valence-electron chi connectivity index (χ0n) is 17.1. The van der Waals surface area contributed by atoms with E-state index in [4.69, 9.17) is 9.47 Å². The lowest BCUT2D eigenvalue weighted by Crippen LogP contribution is -2.44. The minimum Gasteiger partial charge on any atom is -0.480 e. The standard InChI is InChI=1S/C23H29NO6/c1-17(25)20(14-18-8-4-2-5-9-18)12-13-29-16-21(22(26)27)24-23(28)30-15-19-10-6-3-7-11-19/h2-11,17,20-21,25H,12-16H2,1H3,(H,24,28)(H,26,27)/t17-,20-,21-/m0/s1. The highest BCUT2D eigenvalue weighted by Gasteiger charge is 2.22. The Balaban J connectivity index is 1.74. The van der Waals surface area contributed by atoms with Crippen molar-refractivity contribution in [2.45, 2.75) is 38.5 Å². The normalized spacial score (nSPS) is 13.8. The third-order valence-electron chi connectivity index (χ3n) is 4.74. The number of carbonyl (C=O) groups excluding carboxylic acids is 1. The fourth-order valence-corrected chi connectivity index (χ4v) is 2.95. The summed E-state index contributed by atoms with van der Waals surface area (Å²) >= 11 is 0. The summed E-state index contributed by atoms with van der Waals surface area (Å²) in [5, 5.41) is 21.6. The van der Waals surface area contributed by atoms with E-state index in [1.807, 2.05) is 48.5 Å². The molecule has 30 heavy (non-hydrogen) atoms. The monoisotopic (exact) mass is 415 g/mol. The highest BCUT2D eigenvalue weighted by Crippen LogP contribution is 2.16. The van der Waals surface area contributed by atoms with Crippen LogP contribution in [-0.4, -0.2) is 47.6 Å². The van der Waals surface area contributed by atoms with E-state index in [0.29, 0.717) is 12.8 Å². The lowest BCUT2D eigenvalue weighted by atomic mass is 9.92. The van der Waals surface area contributed by atoms with Gasteiger partial charge in [-0.1, -0.05) is 60.7 Å². The molecule has 0 aromatic heterocycles. The Bertz CT molecular complexity index is 766. The van der Waals surface area contributed by atoms with Crippen LogP contribution in [0.25, 0.3) is 0 Å². The Labute approximate surface area is 176 Å². The second-order valence-corrected chi connectivity index (χ2v) is 7.15. The molecule has 3 atom stereocenters. The van der Waals surface area contributed by atoms with Gasteiger partial charge in [-0.05, 0) is 36.8 Å². The van der Waals surface area contributed by atoms with Gasteiger partial charge >= 0.3 is 12.1 Å². The van der Waals surface area contributed by atoms with E-state index in [1.165, 1.54) is 0 Å². The summed E-state index contributed by atoms with van der Waals surface area (Å²) in [7, 11) is 0. The van der Waals surface area contributed by atoms with Gasteiger partial charge in [0.25, 0.3) is 0 Å². The van der Waals surface area contributed by atoms with Gasteiger partial charge in [-0.2, -0.15) is 0 Å². The minimum absolute atomic E-state index is 0.0144. The topological polar surface area (TPSA) is 105 Å². The molecule has 0 heterocycles. The highest BCUT2D eigenvalue weighted by molar-refractivity contribution is 5.80. The Morgan fingerprint density at radius 3 is 2.17 bits per heavy atom. The van der Waals surface area contributed by atoms with Gasteiger partial charge in [0.2, 0.25) is 0 Å². The lowest BCUT2D eigenvalue weighted by molar-refractivity contribution is -0.141. The van der Waals surface area contributed by atoms with Gasteiger partial charge in [0.1, 0.15) is 6.61 Å². The molecule has 0 aliphatic carbocycles. The summed E-state index contributed by atoms with van der Waals surface area (Å²) in [6.45, 7) is 1.87. The fourth-order valence-electron chi connectivity index (χ4n) is 2.95. The van der Waals surface area contributed by atoms with E-state index in [-0.39, 0.29) is 25.7 Å². The molecule has 7 heteroatoms. The van der Waals surface area contributed by atoms with Crippen LogP contribution in [0, 0.1) is 5.92 Å². The number of benzene rings is 2. The molecular formula is C23H29NO6. The largest absolute Gasteiger partial charge is 0.480 e. The third-order valence-corrected chi connectivity index (χ3v) is 4.74. The number of alkyl carbamates (subject to hydrolysis) is 1. The summed E-state index contributed by atoms with van der Waals surface area (Å²) in [5.74, 6) is -1.22. The summed E-state index contributed by atoms with van der Waals surface area (Å²) in [5.41, 5.74) is 1.92. The average Bonchev–Trinajstić information content (AvgIpc) is 2.74. The molecule has 0 radical (unpaired) electrons. The second kappa shape index (κ2) is 12.6. The van der Waals surface area contributed by atoms with Crippen LogP contribution in [0.5, 0.6) is 0 Å². The van der Waals surface area contributed by atoms with Crippen molar-refractivity contribution in [2.75, 3.05) is 13.2 Å². The first kappa shape index (κ1) is 23.4.